The first-order valence-electron chi connectivity index (χ1n) is 5.94. The number of nitrogens with one attached hydrogen (secondary N) is 1. The van der Waals surface area contributed by atoms with E-state index in [1.54, 1.807) is 0 Å². The molecule has 1 N–H and O–H groups in total. The van der Waals surface area contributed by atoms with Crippen molar-refractivity contribution in [3.63, 3.8) is 0 Å². The van der Waals surface area contributed by atoms with Crippen LogP contribution >= 0.6 is 0 Å². The molecular weight excluding hydrogens is 273 g/mol. The van der Waals surface area contributed by atoms with Crippen molar-refractivity contribution in [2.45, 2.75) is 11.3 Å². The van der Waals surface area contributed by atoms with Crippen LogP contribution in [0.2, 0.25) is 0 Å². The van der Waals surface area contributed by atoms with Gasteiger partial charge in [0.05, 0.1) is 18.6 Å². The van der Waals surface area contributed by atoms with E-state index in [4.69, 9.17) is 9.47 Å². The fourth-order valence-corrected chi connectivity index (χ4v) is 3.00. The summed E-state index contributed by atoms with van der Waals surface area (Å²) in [6, 6.07) is 3.56. The van der Waals surface area contributed by atoms with Gasteiger partial charge in [0.1, 0.15) is 0 Å². The molecule has 7 heteroatoms. The van der Waals surface area contributed by atoms with Crippen LogP contribution in [-0.2, 0) is 14.8 Å². The normalized spacial score (nSPS) is 19.6. The molecule has 1 heterocycles. The Bertz CT molecular complexity index is 541. The van der Waals surface area contributed by atoms with Gasteiger partial charge in [-0.1, -0.05) is 0 Å². The number of hydrogen-bond donors (Lipinski definition) is 1. The number of ether oxygens (including phenoxy) is 2. The van der Waals surface area contributed by atoms with Crippen LogP contribution in [-0.4, -0.2) is 35.3 Å². The molecule has 0 aliphatic carbocycles. The Kier molecular flexibility index (Phi) is 4.38. The van der Waals surface area contributed by atoms with Gasteiger partial charge in [0, 0.05) is 13.2 Å². The third-order valence-electron chi connectivity index (χ3n) is 3.02. The van der Waals surface area contributed by atoms with Crippen LogP contribution in [0, 0.1) is 11.7 Å². The zero-order chi connectivity index (χ0) is 13.9. The molecule has 1 atom stereocenters. The fraction of sp³-hybridized carbons (Fsp3) is 0.500. The maximum atomic E-state index is 13.5. The van der Waals surface area contributed by atoms with Crippen LogP contribution in [0.15, 0.2) is 23.1 Å². The molecule has 2 rings (SSSR count). The van der Waals surface area contributed by atoms with Crippen molar-refractivity contribution in [3.8, 4) is 5.75 Å². The smallest absolute Gasteiger partial charge is 0.240 e. The summed E-state index contributed by atoms with van der Waals surface area (Å²) in [7, 11) is -2.37. The molecule has 5 nitrogen and oxygen atoms in total. The van der Waals surface area contributed by atoms with Gasteiger partial charge in [-0.05, 0) is 30.5 Å². The Labute approximate surface area is 111 Å². The monoisotopic (exact) mass is 289 g/mol. The van der Waals surface area contributed by atoms with Gasteiger partial charge in [0.15, 0.2) is 11.6 Å². The van der Waals surface area contributed by atoms with Gasteiger partial charge in [0.2, 0.25) is 10.0 Å². The lowest BCUT2D eigenvalue weighted by Crippen LogP contribution is -2.29. The Balaban J connectivity index is 2.08. The van der Waals surface area contributed by atoms with Crippen molar-refractivity contribution in [2.75, 3.05) is 26.9 Å². The summed E-state index contributed by atoms with van der Waals surface area (Å²) in [6.45, 7) is 1.51. The number of benzene rings is 1. The van der Waals surface area contributed by atoms with E-state index in [2.05, 4.69) is 4.72 Å². The van der Waals surface area contributed by atoms with Crippen molar-refractivity contribution in [3.05, 3.63) is 24.0 Å². The molecule has 0 saturated carbocycles. The molecule has 0 amide bonds. The lowest BCUT2D eigenvalue weighted by Gasteiger charge is -2.11. The Morgan fingerprint density at radius 1 is 1.53 bits per heavy atom. The minimum Gasteiger partial charge on any atom is -0.494 e. The zero-order valence-electron chi connectivity index (χ0n) is 10.6. The van der Waals surface area contributed by atoms with Crippen molar-refractivity contribution in [1.29, 1.82) is 0 Å². The topological polar surface area (TPSA) is 64.6 Å². The molecule has 1 aromatic carbocycles. The lowest BCUT2D eigenvalue weighted by atomic mass is 10.1. The molecule has 1 saturated heterocycles. The van der Waals surface area contributed by atoms with E-state index in [1.807, 2.05) is 0 Å². The number of halogens is 1. The van der Waals surface area contributed by atoms with E-state index in [0.717, 1.165) is 12.5 Å². The van der Waals surface area contributed by atoms with E-state index in [9.17, 15) is 12.8 Å². The maximum Gasteiger partial charge on any atom is 0.240 e. The lowest BCUT2D eigenvalue weighted by molar-refractivity contribution is 0.186. The van der Waals surface area contributed by atoms with E-state index in [1.165, 1.54) is 19.2 Å². The molecule has 1 aromatic rings. The van der Waals surface area contributed by atoms with E-state index < -0.39 is 15.8 Å². The fourth-order valence-electron chi connectivity index (χ4n) is 1.87. The van der Waals surface area contributed by atoms with Crippen LogP contribution in [0.1, 0.15) is 6.42 Å². The van der Waals surface area contributed by atoms with Gasteiger partial charge in [-0.15, -0.1) is 0 Å². The number of methoxy groups -OCH3 is 1. The van der Waals surface area contributed by atoms with Gasteiger partial charge >= 0.3 is 0 Å². The van der Waals surface area contributed by atoms with Crippen LogP contribution < -0.4 is 9.46 Å². The third-order valence-corrected chi connectivity index (χ3v) is 4.44. The van der Waals surface area contributed by atoms with Crippen LogP contribution in [0.25, 0.3) is 0 Å². The van der Waals surface area contributed by atoms with Gasteiger partial charge in [-0.25, -0.2) is 17.5 Å². The summed E-state index contributed by atoms with van der Waals surface area (Å²) in [5.41, 5.74) is 0. The summed E-state index contributed by atoms with van der Waals surface area (Å²) in [5.74, 6) is -0.504. The highest BCUT2D eigenvalue weighted by molar-refractivity contribution is 7.89. The van der Waals surface area contributed by atoms with E-state index >= 15 is 0 Å². The first-order valence-corrected chi connectivity index (χ1v) is 7.42. The zero-order valence-corrected chi connectivity index (χ0v) is 11.4. The van der Waals surface area contributed by atoms with Gasteiger partial charge in [0.25, 0.3) is 0 Å². The van der Waals surface area contributed by atoms with Crippen LogP contribution in [0.4, 0.5) is 4.39 Å². The van der Waals surface area contributed by atoms with Crippen molar-refractivity contribution >= 4 is 10.0 Å². The van der Waals surface area contributed by atoms with Gasteiger partial charge in [-0.3, -0.25) is 0 Å². The maximum absolute atomic E-state index is 13.5. The van der Waals surface area contributed by atoms with Gasteiger partial charge in [-0.2, -0.15) is 0 Å². The number of sulfonamides is 1. The van der Waals surface area contributed by atoms with Crippen LogP contribution in [0.5, 0.6) is 5.75 Å². The first kappa shape index (κ1) is 14.2. The summed E-state index contributed by atoms with van der Waals surface area (Å²) < 4.78 is 49.8. The van der Waals surface area contributed by atoms with E-state index in [-0.39, 0.29) is 16.6 Å². The number of hydrogen-bond acceptors (Lipinski definition) is 4. The molecule has 1 fully saturated rings. The highest BCUT2D eigenvalue weighted by Gasteiger charge is 2.21. The average Bonchev–Trinajstić information content (AvgIpc) is 2.89. The molecule has 1 aliphatic rings. The quantitative estimate of drug-likeness (QED) is 0.883. The predicted molar refractivity (Wildman–Crippen MR) is 67.1 cm³/mol. The second-order valence-electron chi connectivity index (χ2n) is 4.38. The molecule has 1 unspecified atom stereocenters. The average molecular weight is 289 g/mol. The minimum atomic E-state index is -3.70. The Hall–Kier alpha value is -1.18. The first-order chi connectivity index (χ1) is 9.03. The molecule has 0 spiro atoms. The molecule has 0 aromatic heterocycles. The minimum absolute atomic E-state index is 0.0168. The highest BCUT2D eigenvalue weighted by Crippen LogP contribution is 2.21. The molecule has 0 radical (unpaired) electrons. The molecule has 106 valence electrons. The Morgan fingerprint density at radius 3 is 2.89 bits per heavy atom. The molecule has 0 bridgehead atoms. The predicted octanol–water partition coefficient (Wildman–Crippen LogP) is 1.15. The third kappa shape index (κ3) is 3.43. The number of rotatable bonds is 5. The Morgan fingerprint density at radius 2 is 2.32 bits per heavy atom. The second-order valence-corrected chi connectivity index (χ2v) is 6.14. The second kappa shape index (κ2) is 5.85. The van der Waals surface area contributed by atoms with Crippen LogP contribution in [0.3, 0.4) is 0 Å². The largest absolute Gasteiger partial charge is 0.494 e. The van der Waals surface area contributed by atoms with Crippen molar-refractivity contribution < 1.29 is 22.3 Å². The van der Waals surface area contributed by atoms with Crippen molar-refractivity contribution in [1.82, 2.24) is 4.72 Å². The summed E-state index contributed by atoms with van der Waals surface area (Å²) in [5, 5.41) is 0. The van der Waals surface area contributed by atoms with Gasteiger partial charge < -0.3 is 9.47 Å². The summed E-state index contributed by atoms with van der Waals surface area (Å²) in [6.07, 6.45) is 0.833. The summed E-state index contributed by atoms with van der Waals surface area (Å²) >= 11 is 0. The molecule has 1 aliphatic heterocycles. The SMILES string of the molecule is COc1ccc(S(=O)(=O)NCC2CCOC2)cc1F. The standard InChI is InChI=1S/C12H16FNO4S/c1-17-12-3-2-10(6-11(12)13)19(15,16)14-7-9-4-5-18-8-9/h2-3,6,9,14H,4-5,7-8H2,1H3. The van der Waals surface area contributed by atoms with Crippen molar-refractivity contribution in [2.24, 2.45) is 5.92 Å². The molecule has 19 heavy (non-hydrogen) atoms. The highest BCUT2D eigenvalue weighted by atomic mass is 32.2. The van der Waals surface area contributed by atoms with E-state index in [0.29, 0.717) is 19.8 Å². The molecular formula is C12H16FNO4S. The summed E-state index contributed by atoms with van der Waals surface area (Å²) in [4.78, 5) is -0.107.